The molecule has 2 heteroatoms. The maximum atomic E-state index is 4.89. The molecule has 1 radical (unpaired) electrons. The average Bonchev–Trinajstić information content (AvgIpc) is 1.61. The van der Waals surface area contributed by atoms with Crippen molar-refractivity contribution in [2.75, 3.05) is 20.6 Å². The maximum Gasteiger partial charge on any atom is 0.126 e. The molecule has 0 N–H and O–H groups in total. The van der Waals surface area contributed by atoms with Gasteiger partial charge in [0.05, 0.1) is 0 Å². The molecule has 0 amide bonds. The highest BCUT2D eigenvalue weighted by Crippen LogP contribution is 1.84. The Morgan fingerprint density at radius 1 is 1.50 bits per heavy atom. The van der Waals surface area contributed by atoms with Gasteiger partial charge in [-0.3, -0.25) is 0 Å². The maximum absolute atomic E-state index is 4.89. The molecule has 0 heterocycles. The van der Waals surface area contributed by atoms with Crippen molar-refractivity contribution in [1.82, 2.24) is 4.90 Å². The molecule has 8 heavy (non-hydrogen) atoms. The van der Waals surface area contributed by atoms with Gasteiger partial charge < -0.3 is 0 Å². The smallest absolute Gasteiger partial charge is 0.126 e. The van der Waals surface area contributed by atoms with Gasteiger partial charge in [-0.05, 0) is 11.8 Å². The van der Waals surface area contributed by atoms with Crippen LogP contribution in [0.4, 0.5) is 0 Å². The standard InChI is InChI=1S/C6H13NS/c1-6(8)4-5-7(2)3/h4-5H2,1-3H3/q+1. The molecule has 0 fully saturated rings. The molecule has 0 saturated carbocycles. The molecule has 0 spiro atoms. The van der Waals surface area contributed by atoms with Crippen LogP contribution in [0.1, 0.15) is 13.3 Å². The summed E-state index contributed by atoms with van der Waals surface area (Å²) >= 11 is 4.89. The van der Waals surface area contributed by atoms with Crippen molar-refractivity contribution in [1.29, 1.82) is 0 Å². The fourth-order valence-corrected chi connectivity index (χ4v) is 0.472. The molecule has 0 bridgehead atoms. The van der Waals surface area contributed by atoms with Crippen LogP contribution in [-0.4, -0.2) is 25.5 Å². The molecule has 0 rings (SSSR count). The van der Waals surface area contributed by atoms with E-state index < -0.39 is 0 Å². The first-order valence-electron chi connectivity index (χ1n) is 2.77. The van der Waals surface area contributed by atoms with Crippen molar-refractivity contribution in [2.24, 2.45) is 0 Å². The van der Waals surface area contributed by atoms with E-state index in [1.807, 2.05) is 6.92 Å². The highest BCUT2D eigenvalue weighted by Gasteiger charge is 1.97. The minimum absolute atomic E-state index is 1.04. The summed E-state index contributed by atoms with van der Waals surface area (Å²) in [5.74, 6) is 0. The molecule has 0 unspecified atom stereocenters. The molecule has 0 saturated heterocycles. The van der Waals surface area contributed by atoms with Crippen LogP contribution in [-0.2, 0) is 0 Å². The number of hydrogen-bond acceptors (Lipinski definition) is 2. The summed E-state index contributed by atoms with van der Waals surface area (Å²) in [7, 11) is 4.11. The Hall–Kier alpha value is 0.0500. The van der Waals surface area contributed by atoms with Gasteiger partial charge in [-0.25, -0.2) is 0 Å². The van der Waals surface area contributed by atoms with Crippen LogP contribution in [0.25, 0.3) is 0 Å². The molecule has 0 aliphatic carbocycles. The topological polar surface area (TPSA) is 5.90 Å². The van der Waals surface area contributed by atoms with Crippen molar-refractivity contribution in [3.8, 4) is 0 Å². The van der Waals surface area contributed by atoms with Crippen LogP contribution in [0.3, 0.4) is 0 Å². The lowest BCUT2D eigenvalue weighted by Crippen LogP contribution is -2.21. The van der Waals surface area contributed by atoms with E-state index >= 15 is 0 Å². The summed E-state index contributed by atoms with van der Waals surface area (Å²) in [4.78, 5) is 3.23. The van der Waals surface area contributed by atoms with Crippen LogP contribution in [0.5, 0.6) is 0 Å². The van der Waals surface area contributed by atoms with Crippen molar-refractivity contribution in [3.05, 3.63) is 0 Å². The van der Waals surface area contributed by atoms with Crippen LogP contribution in [0.15, 0.2) is 0 Å². The van der Waals surface area contributed by atoms with Gasteiger partial charge in [-0.15, -0.1) is 0 Å². The molecule has 47 valence electrons. The van der Waals surface area contributed by atoms with Crippen LogP contribution >= 0.6 is 12.2 Å². The SMILES string of the molecule is CC(=S)CC[N+](C)C. The Bertz CT molecular complexity index is 78.6. The van der Waals surface area contributed by atoms with Crippen molar-refractivity contribution < 1.29 is 0 Å². The number of nitrogens with zero attached hydrogens (tertiary/aromatic N) is 1. The summed E-state index contributed by atoms with van der Waals surface area (Å²) in [6.45, 7) is 3.06. The largest absolute Gasteiger partial charge is 0.175 e. The van der Waals surface area contributed by atoms with Crippen LogP contribution in [0, 0.1) is 0 Å². The fraction of sp³-hybridized carbons (Fsp3) is 0.833. The predicted octanol–water partition coefficient (Wildman–Crippen LogP) is 1.17. The molecular weight excluding hydrogens is 118 g/mol. The van der Waals surface area contributed by atoms with E-state index in [9.17, 15) is 0 Å². The van der Waals surface area contributed by atoms with Gasteiger partial charge in [0, 0.05) is 6.42 Å². The Morgan fingerprint density at radius 3 is 2.12 bits per heavy atom. The molecule has 0 aromatic heterocycles. The van der Waals surface area contributed by atoms with E-state index in [2.05, 4.69) is 19.0 Å². The quantitative estimate of drug-likeness (QED) is 0.411. The second kappa shape index (κ2) is 3.98. The molecule has 0 aromatic carbocycles. The number of thiocarbonyl (C=S) groups is 1. The third kappa shape index (κ3) is 6.05. The van der Waals surface area contributed by atoms with E-state index in [0.29, 0.717) is 0 Å². The van der Waals surface area contributed by atoms with Gasteiger partial charge in [0.25, 0.3) is 0 Å². The van der Waals surface area contributed by atoms with Gasteiger partial charge >= 0.3 is 0 Å². The Kier molecular flexibility index (Phi) is 4.01. The van der Waals surface area contributed by atoms with Gasteiger partial charge in [0.15, 0.2) is 0 Å². The van der Waals surface area contributed by atoms with Crippen molar-refractivity contribution in [2.45, 2.75) is 13.3 Å². The summed E-state index contributed by atoms with van der Waals surface area (Å²) in [6, 6.07) is 0. The second-order valence-electron chi connectivity index (χ2n) is 2.26. The Balaban J connectivity index is 3.05. The molecule has 0 aliphatic heterocycles. The lowest BCUT2D eigenvalue weighted by molar-refractivity contribution is 0.579. The third-order valence-corrected chi connectivity index (χ3v) is 1.12. The van der Waals surface area contributed by atoms with E-state index in [4.69, 9.17) is 12.2 Å². The molecule has 0 atom stereocenters. The lowest BCUT2D eigenvalue weighted by Gasteiger charge is -1.96. The average molecular weight is 131 g/mol. The lowest BCUT2D eigenvalue weighted by atomic mass is 10.3. The summed E-state index contributed by atoms with van der Waals surface area (Å²) in [5.41, 5.74) is 0. The first-order chi connectivity index (χ1) is 3.63. The summed E-state index contributed by atoms with van der Waals surface area (Å²) < 4.78 is 0. The summed E-state index contributed by atoms with van der Waals surface area (Å²) in [6.07, 6.45) is 1.04. The van der Waals surface area contributed by atoms with Gasteiger partial charge in [0.1, 0.15) is 20.6 Å². The second-order valence-corrected chi connectivity index (χ2v) is 2.95. The van der Waals surface area contributed by atoms with Crippen molar-refractivity contribution >= 4 is 17.1 Å². The van der Waals surface area contributed by atoms with Crippen LogP contribution < -0.4 is 4.90 Å². The zero-order valence-corrected chi connectivity index (χ0v) is 6.59. The van der Waals surface area contributed by atoms with Crippen LogP contribution in [0.2, 0.25) is 0 Å². The zero-order valence-electron chi connectivity index (χ0n) is 5.77. The minimum Gasteiger partial charge on any atom is -0.175 e. The minimum atomic E-state index is 1.04. The van der Waals surface area contributed by atoms with E-state index in [0.717, 1.165) is 17.8 Å². The van der Waals surface area contributed by atoms with Gasteiger partial charge in [-0.1, -0.05) is 12.2 Å². The number of rotatable bonds is 3. The molecule has 1 nitrogen and oxygen atoms in total. The highest BCUT2D eigenvalue weighted by atomic mass is 32.1. The number of hydrogen-bond donors (Lipinski definition) is 0. The Labute approximate surface area is 56.7 Å². The first-order valence-corrected chi connectivity index (χ1v) is 3.18. The monoisotopic (exact) mass is 131 g/mol. The fourth-order valence-electron chi connectivity index (χ4n) is 0.381. The van der Waals surface area contributed by atoms with E-state index in [1.54, 1.807) is 0 Å². The van der Waals surface area contributed by atoms with Gasteiger partial charge in [-0.2, -0.15) is 4.90 Å². The Morgan fingerprint density at radius 2 is 2.00 bits per heavy atom. The highest BCUT2D eigenvalue weighted by molar-refractivity contribution is 7.80. The molecule has 0 aromatic rings. The summed E-state index contributed by atoms with van der Waals surface area (Å²) in [5, 5.41) is 0. The first kappa shape index (κ1) is 8.05. The molecular formula is C6H13NS+. The molecule has 0 aliphatic rings. The zero-order chi connectivity index (χ0) is 6.57. The van der Waals surface area contributed by atoms with Crippen molar-refractivity contribution in [3.63, 3.8) is 0 Å². The van der Waals surface area contributed by atoms with E-state index in [-0.39, 0.29) is 0 Å². The van der Waals surface area contributed by atoms with Gasteiger partial charge in [0.2, 0.25) is 0 Å². The third-order valence-electron chi connectivity index (χ3n) is 0.911. The normalized spacial score (nSPS) is 10.0. The predicted molar refractivity (Wildman–Crippen MR) is 41.7 cm³/mol. The van der Waals surface area contributed by atoms with E-state index in [1.165, 1.54) is 0 Å².